The van der Waals surface area contributed by atoms with Gasteiger partial charge in [0.1, 0.15) is 0 Å². The molecule has 9 nitrogen and oxygen atoms in total. The van der Waals surface area contributed by atoms with Crippen molar-refractivity contribution in [1.82, 2.24) is 9.88 Å². The molecule has 5 N–H and O–H groups in total. The molecule has 5 rings (SSSR count). The number of carbonyl (C=O) groups is 1. The Morgan fingerprint density at radius 3 is 2.65 bits per heavy atom. The molecule has 0 unspecified atom stereocenters. The molecule has 2 aromatic rings. The average molecular weight is 452 g/mol. The highest BCUT2D eigenvalue weighted by Crippen LogP contribution is 2.49. The predicted octanol–water partition coefficient (Wildman–Crippen LogP) is 1.72. The summed E-state index contributed by atoms with van der Waals surface area (Å²) in [5.41, 5.74) is 3.96. The summed E-state index contributed by atoms with van der Waals surface area (Å²) in [5, 5.41) is 11.8. The standard InChI is InChI=1S/C21H26N2O3.H3O4P/c1-26-21(25)19-15-10-17-20-14(13-4-2-3-5-16(13)22-20)8-9-23(17)11-12(15)6-7-18(19)24;1-5(2,3)4/h2-5,12,15,17-19,22,24H,6-11H2,1H3;(H3,1,2,3,4)/t12-,15+,17+,18+,19+;/m1./s1. The van der Waals surface area contributed by atoms with Gasteiger partial charge in [0.2, 0.25) is 0 Å². The molecule has 0 amide bonds. The van der Waals surface area contributed by atoms with E-state index in [1.807, 2.05) is 0 Å². The third-order valence-corrected chi connectivity index (χ3v) is 7.02. The first-order valence-corrected chi connectivity index (χ1v) is 12.1. The maximum absolute atomic E-state index is 12.4. The summed E-state index contributed by atoms with van der Waals surface area (Å²) in [7, 11) is -3.20. The lowest BCUT2D eigenvalue weighted by Gasteiger charge is -2.50. The number of aromatic nitrogens is 1. The number of phosphoric acid groups is 1. The summed E-state index contributed by atoms with van der Waals surface area (Å²) in [6, 6.07) is 8.83. The Morgan fingerprint density at radius 1 is 1.23 bits per heavy atom. The molecule has 0 radical (unpaired) electrons. The van der Waals surface area contributed by atoms with Crippen LogP contribution in [0.1, 0.15) is 36.6 Å². The van der Waals surface area contributed by atoms with Crippen molar-refractivity contribution < 1.29 is 33.9 Å². The maximum atomic E-state index is 12.4. The van der Waals surface area contributed by atoms with Crippen LogP contribution in [0.4, 0.5) is 0 Å². The highest BCUT2D eigenvalue weighted by Gasteiger charge is 2.49. The van der Waals surface area contributed by atoms with Gasteiger partial charge in [-0.05, 0) is 49.1 Å². The second-order valence-corrected chi connectivity index (χ2v) is 9.72. The molecule has 1 aromatic heterocycles. The highest BCUT2D eigenvalue weighted by molar-refractivity contribution is 7.45. The Labute approximate surface area is 180 Å². The first kappa shape index (κ1) is 22.5. The van der Waals surface area contributed by atoms with Crippen molar-refractivity contribution in [2.75, 3.05) is 20.2 Å². The Hall–Kier alpha value is -1.74. The number of piperidine rings is 1. The van der Waals surface area contributed by atoms with Crippen LogP contribution < -0.4 is 0 Å². The van der Waals surface area contributed by atoms with E-state index in [1.165, 1.54) is 29.3 Å². The van der Waals surface area contributed by atoms with Crippen LogP contribution in [0.25, 0.3) is 10.9 Å². The van der Waals surface area contributed by atoms with Gasteiger partial charge in [0, 0.05) is 29.7 Å². The van der Waals surface area contributed by atoms with E-state index < -0.39 is 13.9 Å². The van der Waals surface area contributed by atoms with E-state index in [0.29, 0.717) is 18.4 Å². The Kier molecular flexibility index (Phi) is 6.27. The van der Waals surface area contributed by atoms with E-state index in [2.05, 4.69) is 34.1 Å². The van der Waals surface area contributed by atoms with Crippen LogP contribution in [0, 0.1) is 17.8 Å². The molecule has 1 saturated heterocycles. The largest absolute Gasteiger partial charge is 0.469 e. The Bertz CT molecular complexity index is 995. The Morgan fingerprint density at radius 2 is 1.94 bits per heavy atom. The fraction of sp³-hybridized carbons (Fsp3) is 0.571. The number of esters is 1. The summed E-state index contributed by atoms with van der Waals surface area (Å²) in [6.45, 7) is 2.10. The van der Waals surface area contributed by atoms with Crippen LogP contribution >= 0.6 is 7.82 Å². The number of carbonyl (C=O) groups excluding carboxylic acids is 1. The zero-order valence-corrected chi connectivity index (χ0v) is 18.2. The number of para-hydroxylation sites is 1. The fourth-order valence-electron chi connectivity index (χ4n) is 5.80. The second kappa shape index (κ2) is 8.65. The van der Waals surface area contributed by atoms with E-state index in [0.717, 1.165) is 32.4 Å². The molecule has 1 aliphatic carbocycles. The zero-order valence-electron chi connectivity index (χ0n) is 17.3. The number of hydrogen-bond acceptors (Lipinski definition) is 5. The number of fused-ring (bicyclic) bond motifs is 6. The second-order valence-electron chi connectivity index (χ2n) is 8.69. The summed E-state index contributed by atoms with van der Waals surface area (Å²) in [5.74, 6) is 0.0541. The SMILES string of the molecule is COC(=O)[C@H]1[C@H]2C[C@H]3c4[nH]c5ccccc5c4CCN3C[C@H]2CC[C@@H]1O.O=P(O)(O)O. The van der Waals surface area contributed by atoms with Gasteiger partial charge < -0.3 is 29.5 Å². The quantitative estimate of drug-likeness (QED) is 0.325. The van der Waals surface area contributed by atoms with Crippen LogP contribution in [0.3, 0.4) is 0 Å². The summed E-state index contributed by atoms with van der Waals surface area (Å²) >= 11 is 0. The third kappa shape index (κ3) is 4.58. The summed E-state index contributed by atoms with van der Waals surface area (Å²) in [4.78, 5) is 40.2. The predicted molar refractivity (Wildman–Crippen MR) is 113 cm³/mol. The van der Waals surface area contributed by atoms with E-state index in [1.54, 1.807) is 0 Å². The lowest BCUT2D eigenvalue weighted by atomic mass is 9.65. The molecule has 31 heavy (non-hydrogen) atoms. The van der Waals surface area contributed by atoms with Crippen LogP contribution in [-0.4, -0.2) is 61.9 Å². The van der Waals surface area contributed by atoms with Gasteiger partial charge in [-0.2, -0.15) is 0 Å². The maximum Gasteiger partial charge on any atom is 0.466 e. The normalized spacial score (nSPS) is 30.4. The van der Waals surface area contributed by atoms with Crippen molar-refractivity contribution in [3.63, 3.8) is 0 Å². The van der Waals surface area contributed by atoms with Gasteiger partial charge in [-0.15, -0.1) is 0 Å². The molecule has 170 valence electrons. The van der Waals surface area contributed by atoms with Crippen molar-refractivity contribution in [3.05, 3.63) is 35.5 Å². The van der Waals surface area contributed by atoms with Gasteiger partial charge in [-0.3, -0.25) is 9.69 Å². The third-order valence-electron chi connectivity index (χ3n) is 7.02. The monoisotopic (exact) mass is 452 g/mol. The van der Waals surface area contributed by atoms with Crippen molar-refractivity contribution in [3.8, 4) is 0 Å². The van der Waals surface area contributed by atoms with Gasteiger partial charge in [0.25, 0.3) is 0 Å². The molecule has 5 atom stereocenters. The first-order chi connectivity index (χ1) is 14.7. The first-order valence-electron chi connectivity index (χ1n) is 10.5. The number of aliphatic hydroxyl groups is 1. The number of rotatable bonds is 1. The summed E-state index contributed by atoms with van der Waals surface area (Å²) < 4.78 is 13.9. The molecule has 0 bridgehead atoms. The highest BCUT2D eigenvalue weighted by atomic mass is 31.2. The van der Waals surface area contributed by atoms with Crippen molar-refractivity contribution >= 4 is 24.7 Å². The van der Waals surface area contributed by atoms with E-state index in [4.69, 9.17) is 24.0 Å². The number of aliphatic hydroxyl groups excluding tert-OH is 1. The van der Waals surface area contributed by atoms with Crippen LogP contribution in [-0.2, 0) is 20.5 Å². The molecule has 2 fully saturated rings. The molecule has 2 aliphatic heterocycles. The number of benzene rings is 1. The number of nitrogens with zero attached hydrogens (tertiary/aromatic N) is 1. The molecule has 1 saturated carbocycles. The topological polar surface area (TPSA) is 143 Å². The number of nitrogens with one attached hydrogen (secondary N) is 1. The van der Waals surface area contributed by atoms with Crippen molar-refractivity contribution in [2.45, 2.75) is 37.8 Å². The van der Waals surface area contributed by atoms with Gasteiger partial charge in [-0.1, -0.05) is 18.2 Å². The van der Waals surface area contributed by atoms with E-state index >= 15 is 0 Å². The number of H-pyrrole nitrogens is 1. The van der Waals surface area contributed by atoms with Gasteiger partial charge in [0.15, 0.2) is 0 Å². The minimum absolute atomic E-state index is 0.199. The van der Waals surface area contributed by atoms with Gasteiger partial charge >= 0.3 is 13.8 Å². The molecule has 1 aromatic carbocycles. The lowest BCUT2D eigenvalue weighted by Crippen LogP contribution is -2.53. The molecule has 3 heterocycles. The molecule has 3 aliphatic rings. The molecular formula is C21H29N2O7P. The zero-order chi connectivity index (χ0) is 22.3. The fourth-order valence-corrected chi connectivity index (χ4v) is 5.80. The van der Waals surface area contributed by atoms with Gasteiger partial charge in [0.05, 0.1) is 25.2 Å². The lowest BCUT2D eigenvalue weighted by molar-refractivity contribution is -0.160. The Balaban J connectivity index is 0.000000418. The average Bonchev–Trinajstić information content (AvgIpc) is 3.10. The number of hydrogen-bond donors (Lipinski definition) is 5. The number of ether oxygens (including phenoxy) is 1. The number of methoxy groups -OCH3 is 1. The van der Waals surface area contributed by atoms with Crippen LogP contribution in [0.5, 0.6) is 0 Å². The summed E-state index contributed by atoms with van der Waals surface area (Å²) in [6.07, 6.45) is 3.14. The van der Waals surface area contributed by atoms with Gasteiger partial charge in [-0.25, -0.2) is 4.57 Å². The minimum atomic E-state index is -4.64. The molecule has 0 spiro atoms. The van der Waals surface area contributed by atoms with Crippen molar-refractivity contribution in [2.24, 2.45) is 17.8 Å². The smallest absolute Gasteiger partial charge is 0.466 e. The van der Waals surface area contributed by atoms with E-state index in [-0.39, 0.29) is 17.8 Å². The van der Waals surface area contributed by atoms with Crippen molar-refractivity contribution in [1.29, 1.82) is 0 Å². The minimum Gasteiger partial charge on any atom is -0.469 e. The van der Waals surface area contributed by atoms with Crippen LogP contribution in [0.15, 0.2) is 24.3 Å². The molecular weight excluding hydrogens is 423 g/mol. The van der Waals surface area contributed by atoms with Crippen LogP contribution in [0.2, 0.25) is 0 Å². The number of aromatic amines is 1. The van der Waals surface area contributed by atoms with E-state index in [9.17, 15) is 9.90 Å². The molecule has 10 heteroatoms.